The fraction of sp³-hybridized carbons (Fsp3) is 0.238. The van der Waals surface area contributed by atoms with Crippen molar-refractivity contribution < 1.29 is 13.9 Å². The van der Waals surface area contributed by atoms with Crippen LogP contribution in [0, 0.1) is 0 Å². The first-order valence-electron chi connectivity index (χ1n) is 9.23. The van der Waals surface area contributed by atoms with Gasteiger partial charge in [0.1, 0.15) is 0 Å². The molecule has 1 aliphatic rings. The average Bonchev–Trinajstić information content (AvgIpc) is 3.42. The van der Waals surface area contributed by atoms with Crippen LogP contribution < -0.4 is 0 Å². The zero-order valence-corrected chi connectivity index (χ0v) is 15.9. The highest BCUT2D eigenvalue weighted by molar-refractivity contribution is 7.13. The van der Waals surface area contributed by atoms with Crippen LogP contribution in [-0.4, -0.2) is 21.2 Å². The van der Waals surface area contributed by atoms with E-state index in [1.165, 1.54) is 11.3 Å². The van der Waals surface area contributed by atoms with E-state index < -0.39 is 0 Å². The highest BCUT2D eigenvalue weighted by atomic mass is 32.1. The lowest BCUT2D eigenvalue weighted by atomic mass is 9.90. The van der Waals surface area contributed by atoms with E-state index in [9.17, 15) is 4.79 Å². The monoisotopic (exact) mass is 391 g/mol. The zero-order chi connectivity index (χ0) is 18.9. The number of benzene rings is 1. The number of carbonyl (C=O) groups is 1. The number of aromatic nitrogens is 3. The van der Waals surface area contributed by atoms with Crippen LogP contribution in [-0.2, 0) is 24.2 Å². The van der Waals surface area contributed by atoms with Crippen LogP contribution in [0.3, 0.4) is 0 Å². The number of pyridine rings is 1. The lowest BCUT2D eigenvalue weighted by Gasteiger charge is -2.19. The third-order valence-corrected chi connectivity index (χ3v) is 5.76. The van der Waals surface area contributed by atoms with Crippen LogP contribution in [0.25, 0.3) is 21.7 Å². The quantitative estimate of drug-likeness (QED) is 0.474. The van der Waals surface area contributed by atoms with Gasteiger partial charge in [-0.1, -0.05) is 24.3 Å². The molecule has 0 bridgehead atoms. The fourth-order valence-corrected chi connectivity index (χ4v) is 4.26. The molecule has 1 aromatic carbocycles. The Hall–Kier alpha value is -3.06. The Labute approximate surface area is 165 Å². The number of esters is 1. The molecule has 28 heavy (non-hydrogen) atoms. The topological polar surface area (TPSA) is 78.1 Å². The molecule has 3 aromatic heterocycles. The summed E-state index contributed by atoms with van der Waals surface area (Å²) in [6.07, 6.45) is 3.90. The maximum atomic E-state index is 13.0. The van der Waals surface area contributed by atoms with Crippen molar-refractivity contribution in [2.75, 3.05) is 0 Å². The fourth-order valence-electron chi connectivity index (χ4n) is 3.62. The summed E-state index contributed by atoms with van der Waals surface area (Å²) in [4.78, 5) is 18.7. The molecule has 0 amide bonds. The first-order chi connectivity index (χ1) is 13.8. The van der Waals surface area contributed by atoms with Gasteiger partial charge in [0.15, 0.2) is 6.61 Å². The third kappa shape index (κ3) is 3.07. The number of thiophene rings is 1. The molecule has 4 aromatic rings. The van der Waals surface area contributed by atoms with E-state index in [0.717, 1.165) is 52.7 Å². The summed E-state index contributed by atoms with van der Waals surface area (Å²) in [5, 5.41) is 10.8. The van der Waals surface area contributed by atoms with Crippen LogP contribution in [0.15, 0.2) is 46.2 Å². The Morgan fingerprint density at radius 2 is 2.00 bits per heavy atom. The summed E-state index contributed by atoms with van der Waals surface area (Å²) in [6.45, 7) is -0.0529. The molecule has 5 rings (SSSR count). The highest BCUT2D eigenvalue weighted by Crippen LogP contribution is 2.30. The lowest BCUT2D eigenvalue weighted by molar-refractivity contribution is 0.0439. The van der Waals surface area contributed by atoms with Crippen LogP contribution in [0.2, 0.25) is 0 Å². The molecular formula is C21H17N3O3S. The second-order valence-corrected chi connectivity index (χ2v) is 7.64. The Bertz CT molecular complexity index is 1150. The maximum absolute atomic E-state index is 13.0. The Morgan fingerprint density at radius 3 is 2.89 bits per heavy atom. The minimum Gasteiger partial charge on any atom is -0.452 e. The first-order valence-corrected chi connectivity index (χ1v) is 10.1. The predicted molar refractivity (Wildman–Crippen MR) is 105 cm³/mol. The van der Waals surface area contributed by atoms with Crippen molar-refractivity contribution in [1.82, 2.24) is 15.2 Å². The van der Waals surface area contributed by atoms with E-state index in [4.69, 9.17) is 14.1 Å². The molecule has 0 aliphatic heterocycles. The minimum atomic E-state index is -0.368. The Morgan fingerprint density at radius 1 is 1.11 bits per heavy atom. The number of nitrogens with zero attached hydrogens (tertiary/aromatic N) is 3. The number of aryl methyl sites for hydroxylation is 1. The average molecular weight is 391 g/mol. The molecule has 0 unspecified atom stereocenters. The van der Waals surface area contributed by atoms with Crippen LogP contribution in [0.1, 0.15) is 40.3 Å². The van der Waals surface area contributed by atoms with E-state index in [1.807, 2.05) is 41.8 Å². The van der Waals surface area contributed by atoms with Crippen LogP contribution in [0.4, 0.5) is 0 Å². The van der Waals surface area contributed by atoms with Gasteiger partial charge in [0.05, 0.1) is 16.0 Å². The molecule has 7 heteroatoms. The summed E-state index contributed by atoms with van der Waals surface area (Å²) in [6, 6.07) is 11.5. The van der Waals surface area contributed by atoms with Crippen LogP contribution >= 0.6 is 11.3 Å². The molecule has 0 atom stereocenters. The number of fused-ring (bicyclic) bond motifs is 2. The first kappa shape index (κ1) is 17.1. The molecule has 0 saturated carbocycles. The summed E-state index contributed by atoms with van der Waals surface area (Å²) < 4.78 is 11.2. The second-order valence-electron chi connectivity index (χ2n) is 6.69. The summed E-state index contributed by atoms with van der Waals surface area (Å²) in [5.74, 6) is 0.351. The van der Waals surface area contributed by atoms with Gasteiger partial charge in [-0.25, -0.2) is 4.79 Å². The van der Waals surface area contributed by atoms with E-state index in [0.29, 0.717) is 11.5 Å². The van der Waals surface area contributed by atoms with Gasteiger partial charge in [-0.05, 0) is 48.8 Å². The number of ether oxygens (including phenoxy) is 1. The van der Waals surface area contributed by atoms with Gasteiger partial charge in [0.25, 0.3) is 11.8 Å². The Balaban J connectivity index is 1.43. The molecular weight excluding hydrogens is 374 g/mol. The second kappa shape index (κ2) is 7.16. The summed E-state index contributed by atoms with van der Waals surface area (Å²) >= 11 is 1.52. The molecule has 1 aliphatic carbocycles. The van der Waals surface area contributed by atoms with E-state index in [1.54, 1.807) is 0 Å². The molecule has 0 fully saturated rings. The largest absolute Gasteiger partial charge is 0.452 e. The zero-order valence-electron chi connectivity index (χ0n) is 15.1. The van der Waals surface area contributed by atoms with E-state index >= 15 is 0 Å². The van der Waals surface area contributed by atoms with Crippen LogP contribution in [0.5, 0.6) is 0 Å². The molecule has 0 saturated heterocycles. The van der Waals surface area contributed by atoms with Gasteiger partial charge in [0.2, 0.25) is 0 Å². The van der Waals surface area contributed by atoms with E-state index in [2.05, 4.69) is 10.2 Å². The van der Waals surface area contributed by atoms with Gasteiger partial charge in [0, 0.05) is 11.1 Å². The van der Waals surface area contributed by atoms with Crippen molar-refractivity contribution in [2.24, 2.45) is 0 Å². The molecule has 6 nitrogen and oxygen atoms in total. The summed E-state index contributed by atoms with van der Waals surface area (Å²) in [7, 11) is 0. The molecule has 3 heterocycles. The third-order valence-electron chi connectivity index (χ3n) is 4.90. The smallest absolute Gasteiger partial charge is 0.339 e. The van der Waals surface area contributed by atoms with Gasteiger partial charge in [-0.15, -0.1) is 21.5 Å². The van der Waals surface area contributed by atoms with Crippen molar-refractivity contribution in [3.05, 3.63) is 64.5 Å². The number of hydrogen-bond donors (Lipinski definition) is 0. The normalized spacial score (nSPS) is 13.4. The summed E-state index contributed by atoms with van der Waals surface area (Å²) in [5.41, 5.74) is 3.47. The van der Waals surface area contributed by atoms with Gasteiger partial charge in [-0.2, -0.15) is 0 Å². The van der Waals surface area contributed by atoms with Gasteiger partial charge >= 0.3 is 5.97 Å². The maximum Gasteiger partial charge on any atom is 0.339 e. The van der Waals surface area contributed by atoms with E-state index in [-0.39, 0.29) is 18.5 Å². The number of para-hydroxylation sites is 1. The van der Waals surface area contributed by atoms with Crippen molar-refractivity contribution >= 4 is 28.2 Å². The molecule has 0 radical (unpaired) electrons. The SMILES string of the molecule is O=C(OCc1nnc(-c2cccs2)o1)c1c2c(nc3ccccc13)CCCC2. The number of hydrogen-bond acceptors (Lipinski definition) is 7. The standard InChI is InChI=1S/C21H17N3O3S/c25-21(26-12-18-23-24-20(27-18)17-10-5-11-28-17)19-13-6-1-3-8-15(13)22-16-9-4-2-7-14(16)19/h1,3,5-6,8,10-11H,2,4,7,9,12H2. The van der Waals surface area contributed by atoms with Gasteiger partial charge in [-0.3, -0.25) is 4.98 Å². The van der Waals surface area contributed by atoms with Gasteiger partial charge < -0.3 is 9.15 Å². The Kier molecular flexibility index (Phi) is 4.37. The molecule has 0 spiro atoms. The highest BCUT2D eigenvalue weighted by Gasteiger charge is 2.24. The van der Waals surface area contributed by atoms with Crippen molar-refractivity contribution in [3.63, 3.8) is 0 Å². The number of carbonyl (C=O) groups excluding carboxylic acids is 1. The molecule has 0 N–H and O–H groups in total. The predicted octanol–water partition coefficient (Wildman–Crippen LogP) is 4.58. The van der Waals surface area contributed by atoms with Crippen molar-refractivity contribution in [2.45, 2.75) is 32.3 Å². The molecule has 140 valence electrons. The minimum absolute atomic E-state index is 0.0529. The van der Waals surface area contributed by atoms with Crippen molar-refractivity contribution in [1.29, 1.82) is 0 Å². The lowest BCUT2D eigenvalue weighted by Crippen LogP contribution is -2.15. The number of rotatable bonds is 4. The van der Waals surface area contributed by atoms with Crippen molar-refractivity contribution in [3.8, 4) is 10.8 Å².